The van der Waals surface area contributed by atoms with Crippen molar-refractivity contribution in [2.45, 2.75) is 31.6 Å². The zero-order valence-corrected chi connectivity index (χ0v) is 27.0. The molecule has 10 heteroatoms. The van der Waals surface area contributed by atoms with Crippen LogP contribution in [0.15, 0.2) is 88.7 Å². The van der Waals surface area contributed by atoms with E-state index >= 15 is 0 Å². The summed E-state index contributed by atoms with van der Waals surface area (Å²) in [5, 5.41) is 9.41. The molecule has 228 valence electrons. The van der Waals surface area contributed by atoms with E-state index in [0.717, 1.165) is 33.8 Å². The third kappa shape index (κ3) is 6.87. The molecule has 0 spiro atoms. The number of aromatic nitrogens is 5. The molecule has 45 heavy (non-hydrogen) atoms. The van der Waals surface area contributed by atoms with Crippen LogP contribution in [0.1, 0.15) is 43.6 Å². The molecule has 0 saturated carbocycles. The summed E-state index contributed by atoms with van der Waals surface area (Å²) in [6.07, 6.45) is 9.89. The van der Waals surface area contributed by atoms with Gasteiger partial charge in [-0.1, -0.05) is 67.2 Å². The van der Waals surface area contributed by atoms with Crippen molar-refractivity contribution in [1.82, 2.24) is 24.4 Å². The van der Waals surface area contributed by atoms with Crippen molar-refractivity contribution in [3.8, 4) is 28.4 Å². The average molecular weight is 636 g/mol. The summed E-state index contributed by atoms with van der Waals surface area (Å²) in [5.74, 6) is 2.89. The lowest BCUT2D eigenvalue weighted by Crippen LogP contribution is -2.23. The van der Waals surface area contributed by atoms with Crippen LogP contribution in [0, 0.1) is 0 Å². The van der Waals surface area contributed by atoms with E-state index in [4.69, 9.17) is 14.6 Å². The molecular formula is C35H33N5O3S2. The SMILES string of the molecule is CCCCSc1ccc(-c2nn(-c3ccccc3)cc2/C=c2\sc3nc(/C=C/c4ccc(OCC)c(OC)c4)nn3c2=O)cc1. The standard InChI is InChI=1S/C35H33N5O3S2/c1-4-6-20-44-28-16-14-25(15-17-28)33-26(23-39(38-33)27-10-8-7-9-11-27)22-31-34(41)40-35(45-31)36-32(37-40)19-13-24-12-18-29(43-5-2)30(21-24)42-3/h7-19,21-23H,4-6,20H2,1-3H3/b19-13+,31-22-. The third-order valence-corrected chi connectivity index (χ3v) is 9.11. The Bertz CT molecular complexity index is 2050. The van der Waals surface area contributed by atoms with Gasteiger partial charge in [-0.05, 0) is 73.2 Å². The number of thiazole rings is 1. The van der Waals surface area contributed by atoms with E-state index in [0.29, 0.717) is 33.4 Å². The number of unbranched alkanes of at least 4 members (excludes halogenated alkanes) is 1. The van der Waals surface area contributed by atoms with Crippen LogP contribution >= 0.6 is 23.1 Å². The molecule has 3 aromatic carbocycles. The van der Waals surface area contributed by atoms with E-state index < -0.39 is 0 Å². The summed E-state index contributed by atoms with van der Waals surface area (Å²) in [4.78, 5) is 19.8. The highest BCUT2D eigenvalue weighted by atomic mass is 32.2. The fourth-order valence-electron chi connectivity index (χ4n) is 4.77. The molecule has 8 nitrogen and oxygen atoms in total. The molecule has 3 heterocycles. The molecule has 0 aliphatic carbocycles. The van der Waals surface area contributed by atoms with E-state index in [1.165, 1.54) is 33.6 Å². The van der Waals surface area contributed by atoms with Crippen LogP contribution in [0.5, 0.6) is 11.5 Å². The van der Waals surface area contributed by atoms with E-state index in [2.05, 4.69) is 41.3 Å². The molecule has 6 rings (SSSR count). The Morgan fingerprint density at radius 1 is 0.956 bits per heavy atom. The third-order valence-electron chi connectivity index (χ3n) is 7.05. The summed E-state index contributed by atoms with van der Waals surface area (Å²) < 4.78 is 14.8. The van der Waals surface area contributed by atoms with Crippen molar-refractivity contribution in [2.24, 2.45) is 0 Å². The number of nitrogens with zero attached hydrogens (tertiary/aromatic N) is 5. The number of hydrogen-bond acceptors (Lipinski definition) is 8. The molecule has 0 bridgehead atoms. The normalized spacial score (nSPS) is 12.0. The number of ether oxygens (including phenoxy) is 2. The van der Waals surface area contributed by atoms with Crippen molar-refractivity contribution < 1.29 is 9.47 Å². The topological polar surface area (TPSA) is 83.5 Å². The molecule has 0 amide bonds. The highest BCUT2D eigenvalue weighted by Crippen LogP contribution is 2.29. The molecule has 0 unspecified atom stereocenters. The summed E-state index contributed by atoms with van der Waals surface area (Å²) in [6.45, 7) is 4.69. The van der Waals surface area contributed by atoms with Crippen LogP contribution in [0.4, 0.5) is 0 Å². The second-order valence-electron chi connectivity index (χ2n) is 10.2. The second-order valence-corrected chi connectivity index (χ2v) is 12.4. The second kappa shape index (κ2) is 14.0. The maximum atomic E-state index is 13.5. The Labute approximate surface area is 269 Å². The van der Waals surface area contributed by atoms with Crippen LogP contribution in [-0.4, -0.2) is 43.8 Å². The van der Waals surface area contributed by atoms with Gasteiger partial charge in [0.2, 0.25) is 4.96 Å². The number of fused-ring (bicyclic) bond motifs is 1. The lowest BCUT2D eigenvalue weighted by molar-refractivity contribution is 0.311. The van der Waals surface area contributed by atoms with Crippen LogP contribution < -0.4 is 19.6 Å². The van der Waals surface area contributed by atoms with Gasteiger partial charge < -0.3 is 9.47 Å². The molecular weight excluding hydrogens is 603 g/mol. The van der Waals surface area contributed by atoms with Crippen LogP contribution in [0.2, 0.25) is 0 Å². The maximum Gasteiger partial charge on any atom is 0.291 e. The monoisotopic (exact) mass is 635 g/mol. The first kappa shape index (κ1) is 30.4. The zero-order chi connectivity index (χ0) is 31.2. The highest BCUT2D eigenvalue weighted by molar-refractivity contribution is 7.99. The van der Waals surface area contributed by atoms with E-state index in [1.807, 2.05) is 90.2 Å². The van der Waals surface area contributed by atoms with Crippen LogP contribution in [0.3, 0.4) is 0 Å². The van der Waals surface area contributed by atoms with Gasteiger partial charge in [0.15, 0.2) is 17.3 Å². The predicted molar refractivity (Wildman–Crippen MR) is 184 cm³/mol. The van der Waals surface area contributed by atoms with Gasteiger partial charge in [0.1, 0.15) is 0 Å². The molecule has 0 saturated heterocycles. The molecule has 3 aromatic heterocycles. The van der Waals surface area contributed by atoms with Crippen molar-refractivity contribution in [3.63, 3.8) is 0 Å². The number of methoxy groups -OCH3 is 1. The average Bonchev–Trinajstić information content (AvgIpc) is 3.76. The summed E-state index contributed by atoms with van der Waals surface area (Å²) >= 11 is 3.17. The number of thioether (sulfide) groups is 1. The van der Waals surface area contributed by atoms with E-state index in [9.17, 15) is 4.79 Å². The van der Waals surface area contributed by atoms with Gasteiger partial charge in [-0.3, -0.25) is 4.79 Å². The van der Waals surface area contributed by atoms with Crippen molar-refractivity contribution in [1.29, 1.82) is 0 Å². The first-order valence-electron chi connectivity index (χ1n) is 14.8. The number of benzene rings is 3. The fourth-order valence-corrected chi connectivity index (χ4v) is 6.67. The fraction of sp³-hybridized carbons (Fsp3) is 0.200. The van der Waals surface area contributed by atoms with Gasteiger partial charge in [0.25, 0.3) is 5.56 Å². The first-order valence-corrected chi connectivity index (χ1v) is 16.6. The van der Waals surface area contributed by atoms with Gasteiger partial charge >= 0.3 is 0 Å². The molecule has 0 fully saturated rings. The lowest BCUT2D eigenvalue weighted by atomic mass is 10.1. The first-order chi connectivity index (χ1) is 22.1. The van der Waals surface area contributed by atoms with Crippen LogP contribution in [0.25, 0.3) is 40.1 Å². The van der Waals surface area contributed by atoms with Crippen molar-refractivity contribution in [3.05, 3.63) is 111 Å². The van der Waals surface area contributed by atoms with E-state index in [-0.39, 0.29) is 5.56 Å². The molecule has 0 atom stereocenters. The molecule has 0 aliphatic heterocycles. The van der Waals surface area contributed by atoms with Crippen LogP contribution in [-0.2, 0) is 0 Å². The van der Waals surface area contributed by atoms with Crippen molar-refractivity contribution in [2.75, 3.05) is 19.5 Å². The van der Waals surface area contributed by atoms with Gasteiger partial charge in [0.05, 0.1) is 29.6 Å². The molecule has 6 aromatic rings. The minimum atomic E-state index is -0.217. The summed E-state index contributed by atoms with van der Waals surface area (Å²) in [5.41, 5.74) is 4.26. The zero-order valence-electron chi connectivity index (χ0n) is 25.3. The highest BCUT2D eigenvalue weighted by Gasteiger charge is 2.14. The Hall–Kier alpha value is -4.67. The van der Waals surface area contributed by atoms with Crippen molar-refractivity contribution >= 4 is 46.3 Å². The molecule has 0 radical (unpaired) electrons. The molecule has 0 N–H and O–H groups in total. The summed E-state index contributed by atoms with van der Waals surface area (Å²) in [6, 6.07) is 24.1. The maximum absolute atomic E-state index is 13.5. The lowest BCUT2D eigenvalue weighted by Gasteiger charge is -2.09. The number of hydrogen-bond donors (Lipinski definition) is 0. The Morgan fingerprint density at radius 3 is 2.51 bits per heavy atom. The Balaban J connectivity index is 1.32. The Kier molecular flexibility index (Phi) is 9.42. The largest absolute Gasteiger partial charge is 0.493 e. The minimum absolute atomic E-state index is 0.217. The molecule has 0 aliphatic rings. The number of rotatable bonds is 12. The van der Waals surface area contributed by atoms with E-state index in [1.54, 1.807) is 13.2 Å². The smallest absolute Gasteiger partial charge is 0.291 e. The predicted octanol–water partition coefficient (Wildman–Crippen LogP) is 7.02. The summed E-state index contributed by atoms with van der Waals surface area (Å²) in [7, 11) is 1.61. The minimum Gasteiger partial charge on any atom is -0.493 e. The van der Waals surface area contributed by atoms with Gasteiger partial charge in [-0.25, -0.2) is 4.68 Å². The quantitative estimate of drug-likeness (QED) is 0.106. The van der Waals surface area contributed by atoms with Gasteiger partial charge in [0, 0.05) is 22.2 Å². The van der Waals surface area contributed by atoms with Gasteiger partial charge in [-0.15, -0.1) is 16.9 Å². The number of para-hydroxylation sites is 1. The Morgan fingerprint density at radius 2 is 1.78 bits per heavy atom. The van der Waals surface area contributed by atoms with Gasteiger partial charge in [-0.2, -0.15) is 14.6 Å².